The lowest BCUT2D eigenvalue weighted by Crippen LogP contribution is -2.46. The lowest BCUT2D eigenvalue weighted by molar-refractivity contribution is -0.935. The van der Waals surface area contributed by atoms with Gasteiger partial charge in [-0.2, -0.15) is 13.2 Å². The average Bonchev–Trinajstić information content (AvgIpc) is 3.01. The number of ether oxygens (including phenoxy) is 2. The van der Waals surface area contributed by atoms with E-state index in [0.717, 1.165) is 42.0 Å². The van der Waals surface area contributed by atoms with Crippen molar-refractivity contribution in [3.63, 3.8) is 0 Å². The number of hydrogen-bond donors (Lipinski definition) is 1. The second kappa shape index (κ2) is 7.50. The number of rotatable bonds is 3. The second-order valence-corrected chi connectivity index (χ2v) is 9.99. The van der Waals surface area contributed by atoms with E-state index in [0.29, 0.717) is 23.2 Å². The number of aliphatic hydroxyl groups is 1. The zero-order chi connectivity index (χ0) is 23.6. The minimum atomic E-state index is -4.33. The summed E-state index contributed by atoms with van der Waals surface area (Å²) in [6.45, 7) is 4.28. The Hall–Kier alpha value is -2.51. The van der Waals surface area contributed by atoms with Gasteiger partial charge in [0.05, 0.1) is 37.8 Å². The Kier molecular flexibility index (Phi) is 5.07. The van der Waals surface area contributed by atoms with Gasteiger partial charge in [0, 0.05) is 29.5 Å². The first-order valence-corrected chi connectivity index (χ1v) is 11.3. The largest absolute Gasteiger partial charge is 0.493 e. The summed E-state index contributed by atoms with van der Waals surface area (Å²) in [7, 11) is 3.81. The molecule has 0 fully saturated rings. The van der Waals surface area contributed by atoms with E-state index in [-0.39, 0.29) is 11.5 Å². The molecule has 4 nitrogen and oxygen atoms in total. The Morgan fingerprint density at radius 3 is 2.64 bits per heavy atom. The minimum absolute atomic E-state index is 0.167. The number of quaternary nitrogens is 1. The Bertz CT molecular complexity index is 1110. The van der Waals surface area contributed by atoms with Crippen molar-refractivity contribution in [1.29, 1.82) is 0 Å². The molecule has 2 aliphatic heterocycles. The van der Waals surface area contributed by atoms with Crippen LogP contribution in [0.3, 0.4) is 0 Å². The van der Waals surface area contributed by atoms with E-state index in [1.54, 1.807) is 19.2 Å². The first kappa shape index (κ1) is 22.3. The van der Waals surface area contributed by atoms with Gasteiger partial charge in [0.25, 0.3) is 0 Å². The van der Waals surface area contributed by atoms with Crippen LogP contribution in [-0.4, -0.2) is 42.5 Å². The number of methoxy groups -OCH3 is 1. The van der Waals surface area contributed by atoms with E-state index in [1.165, 1.54) is 17.7 Å². The molecule has 0 radical (unpaired) electrons. The van der Waals surface area contributed by atoms with Crippen molar-refractivity contribution in [2.75, 3.05) is 20.7 Å². The van der Waals surface area contributed by atoms with Crippen molar-refractivity contribution in [1.82, 2.24) is 0 Å². The van der Waals surface area contributed by atoms with E-state index in [1.807, 2.05) is 12.1 Å². The van der Waals surface area contributed by atoms with Gasteiger partial charge in [-0.3, -0.25) is 0 Å². The van der Waals surface area contributed by atoms with Crippen LogP contribution in [0.5, 0.6) is 11.5 Å². The maximum Gasteiger partial charge on any atom is 0.416 e. The summed E-state index contributed by atoms with van der Waals surface area (Å²) in [5.74, 6) is 1.48. The molecule has 0 saturated carbocycles. The highest BCUT2D eigenvalue weighted by Crippen LogP contribution is 2.57. The van der Waals surface area contributed by atoms with Gasteiger partial charge in [0.15, 0.2) is 11.5 Å². The quantitative estimate of drug-likeness (QED) is 0.524. The highest BCUT2D eigenvalue weighted by atomic mass is 19.4. The molecule has 0 aromatic heterocycles. The third-order valence-electron chi connectivity index (χ3n) is 7.62. The van der Waals surface area contributed by atoms with Crippen molar-refractivity contribution in [3.05, 3.63) is 70.3 Å². The summed E-state index contributed by atoms with van der Waals surface area (Å²) < 4.78 is 51.7. The number of alkyl halides is 3. The lowest BCUT2D eigenvalue weighted by Gasteiger charge is -2.37. The van der Waals surface area contributed by atoms with Crippen molar-refractivity contribution in [2.24, 2.45) is 0 Å². The number of benzene rings is 2. The smallest absolute Gasteiger partial charge is 0.416 e. The minimum Gasteiger partial charge on any atom is -0.493 e. The molecule has 1 aliphatic carbocycles. The molecule has 176 valence electrons. The summed E-state index contributed by atoms with van der Waals surface area (Å²) in [5.41, 5.74) is 3.41. The van der Waals surface area contributed by atoms with Gasteiger partial charge in [-0.1, -0.05) is 24.3 Å². The number of aliphatic hydroxyl groups excluding tert-OH is 1. The molecule has 2 aromatic rings. The number of aryl methyl sites for hydroxylation is 1. The fourth-order valence-corrected chi connectivity index (χ4v) is 5.87. The van der Waals surface area contributed by atoms with Gasteiger partial charge < -0.3 is 19.1 Å². The van der Waals surface area contributed by atoms with Crippen LogP contribution in [0.25, 0.3) is 0 Å². The predicted octanol–water partition coefficient (Wildman–Crippen LogP) is 4.89. The molecule has 0 bridgehead atoms. The van der Waals surface area contributed by atoms with Gasteiger partial charge in [-0.25, -0.2) is 0 Å². The lowest BCUT2D eigenvalue weighted by atomic mass is 9.68. The zero-order valence-electron chi connectivity index (χ0n) is 19.1. The number of nitrogens with zero attached hydrogens (tertiary/aromatic N) is 1. The van der Waals surface area contributed by atoms with E-state index < -0.39 is 17.8 Å². The molecule has 1 spiro atoms. The van der Waals surface area contributed by atoms with Gasteiger partial charge in [-0.15, -0.1) is 0 Å². The van der Waals surface area contributed by atoms with Crippen LogP contribution in [-0.2, 0) is 24.7 Å². The van der Waals surface area contributed by atoms with Crippen LogP contribution in [0, 0.1) is 6.92 Å². The van der Waals surface area contributed by atoms with E-state index in [4.69, 9.17) is 9.47 Å². The number of halogens is 3. The normalized spacial score (nSPS) is 30.3. The highest BCUT2D eigenvalue weighted by molar-refractivity contribution is 5.63. The SMILES string of the molecule is COc1cc(C)c2c3c1O[C@@H]1C[C@H](O)C=C[C@@]31CC[N+](C)(Cc1ccc(C(F)(F)F)cc1)C2. The van der Waals surface area contributed by atoms with Gasteiger partial charge >= 0.3 is 6.18 Å². The third kappa shape index (κ3) is 3.62. The summed E-state index contributed by atoms with van der Waals surface area (Å²) >= 11 is 0. The van der Waals surface area contributed by atoms with Gasteiger partial charge in [0.2, 0.25) is 0 Å². The van der Waals surface area contributed by atoms with Crippen LogP contribution in [0.15, 0.2) is 42.5 Å². The molecule has 2 heterocycles. The molecule has 7 heteroatoms. The molecule has 1 N–H and O–H groups in total. The first-order chi connectivity index (χ1) is 15.5. The Morgan fingerprint density at radius 1 is 1.24 bits per heavy atom. The Labute approximate surface area is 191 Å². The monoisotopic (exact) mass is 460 g/mol. The Balaban J connectivity index is 1.56. The molecular weight excluding hydrogens is 431 g/mol. The molecule has 5 rings (SSSR count). The highest BCUT2D eigenvalue weighted by Gasteiger charge is 2.55. The maximum atomic E-state index is 13.0. The van der Waals surface area contributed by atoms with Crippen LogP contribution >= 0.6 is 0 Å². The summed E-state index contributed by atoms with van der Waals surface area (Å²) in [4.78, 5) is 0. The topological polar surface area (TPSA) is 38.7 Å². The average molecular weight is 461 g/mol. The van der Waals surface area contributed by atoms with E-state index >= 15 is 0 Å². The summed E-state index contributed by atoms with van der Waals surface area (Å²) in [6, 6.07) is 7.53. The fraction of sp³-hybridized carbons (Fsp3) is 0.462. The first-order valence-electron chi connectivity index (χ1n) is 11.3. The maximum absolute atomic E-state index is 13.0. The van der Waals surface area contributed by atoms with Crippen LogP contribution in [0.1, 0.15) is 40.7 Å². The summed E-state index contributed by atoms with van der Waals surface area (Å²) in [6.07, 6.45) is 0.301. The number of hydrogen-bond acceptors (Lipinski definition) is 3. The third-order valence-corrected chi connectivity index (χ3v) is 7.62. The summed E-state index contributed by atoms with van der Waals surface area (Å²) in [5, 5.41) is 10.3. The van der Waals surface area contributed by atoms with E-state index in [9.17, 15) is 18.3 Å². The van der Waals surface area contributed by atoms with Gasteiger partial charge in [0.1, 0.15) is 19.2 Å². The fourth-order valence-electron chi connectivity index (χ4n) is 5.87. The van der Waals surface area contributed by atoms with Crippen molar-refractivity contribution >= 4 is 0 Å². The molecule has 2 aromatic carbocycles. The standard InChI is InChI=1S/C26H29F3NO3/c1-16-12-21(32-3)24-23-20(16)15-30(2,14-17-4-6-18(7-5-17)26(27,28)29)11-10-25(23)9-8-19(31)13-22(25)33-24/h4-9,12,19,22,31H,10-11,13-15H2,1-3H3/q+1/t19-,22-,25+,30?/m1/s1. The predicted molar refractivity (Wildman–Crippen MR) is 118 cm³/mol. The van der Waals surface area contributed by atoms with Crippen molar-refractivity contribution in [3.8, 4) is 11.5 Å². The zero-order valence-corrected chi connectivity index (χ0v) is 19.1. The molecular formula is C26H29F3NO3+. The van der Waals surface area contributed by atoms with Crippen LogP contribution in [0.4, 0.5) is 13.2 Å². The van der Waals surface area contributed by atoms with Gasteiger partial charge in [-0.05, 0) is 30.7 Å². The van der Waals surface area contributed by atoms with Crippen LogP contribution < -0.4 is 9.47 Å². The Morgan fingerprint density at radius 2 is 1.97 bits per heavy atom. The molecule has 0 amide bonds. The molecule has 1 unspecified atom stereocenters. The molecule has 4 atom stereocenters. The molecule has 0 saturated heterocycles. The van der Waals surface area contributed by atoms with Crippen molar-refractivity contribution in [2.45, 2.75) is 56.7 Å². The second-order valence-electron chi connectivity index (χ2n) is 9.99. The van der Waals surface area contributed by atoms with Crippen molar-refractivity contribution < 1.29 is 32.2 Å². The van der Waals surface area contributed by atoms with Crippen LogP contribution in [0.2, 0.25) is 0 Å². The molecule has 33 heavy (non-hydrogen) atoms. The van der Waals surface area contributed by atoms with E-state index in [2.05, 4.69) is 20.0 Å². The molecule has 3 aliphatic rings.